The van der Waals surface area contributed by atoms with Crippen molar-refractivity contribution in [3.63, 3.8) is 0 Å². The smallest absolute Gasteiger partial charge is 0.225 e. The highest BCUT2D eigenvalue weighted by Crippen LogP contribution is 2.30. The number of anilines is 1. The third-order valence-corrected chi connectivity index (χ3v) is 5.93. The van der Waals surface area contributed by atoms with Gasteiger partial charge in [0.1, 0.15) is 11.5 Å². The molecule has 2 saturated heterocycles. The van der Waals surface area contributed by atoms with Crippen molar-refractivity contribution in [2.24, 2.45) is 0 Å². The van der Waals surface area contributed by atoms with E-state index in [2.05, 4.69) is 21.0 Å². The summed E-state index contributed by atoms with van der Waals surface area (Å²) >= 11 is 0. The number of likely N-dealkylation sites (tertiary alicyclic amines) is 1. The molecule has 0 bridgehead atoms. The summed E-state index contributed by atoms with van der Waals surface area (Å²) in [5.74, 6) is 1.97. The Hall–Kier alpha value is -2.61. The van der Waals surface area contributed by atoms with E-state index in [-0.39, 0.29) is 12.0 Å². The molecule has 1 unspecified atom stereocenters. The summed E-state index contributed by atoms with van der Waals surface area (Å²) in [5, 5.41) is 0. The first-order valence-electron chi connectivity index (χ1n) is 10.8. The first-order valence-corrected chi connectivity index (χ1v) is 10.8. The Morgan fingerprint density at radius 1 is 1.17 bits per heavy atom. The first kappa shape index (κ1) is 20.7. The molecule has 4 rings (SSSR count). The summed E-state index contributed by atoms with van der Waals surface area (Å²) in [5.41, 5.74) is 1.68. The lowest BCUT2D eigenvalue weighted by molar-refractivity contribution is -0.136. The minimum Gasteiger partial charge on any atom is -0.378 e. The molecule has 160 valence electrons. The highest BCUT2D eigenvalue weighted by Gasteiger charge is 2.28. The van der Waals surface area contributed by atoms with Crippen LogP contribution in [0.1, 0.15) is 50.1 Å². The molecule has 1 atom stereocenters. The molecule has 2 fully saturated rings. The van der Waals surface area contributed by atoms with E-state index in [1.54, 1.807) is 18.6 Å². The summed E-state index contributed by atoms with van der Waals surface area (Å²) in [7, 11) is 3.95. The van der Waals surface area contributed by atoms with Gasteiger partial charge in [0.15, 0.2) is 5.82 Å². The van der Waals surface area contributed by atoms with Crippen molar-refractivity contribution in [3.05, 3.63) is 30.4 Å². The zero-order valence-corrected chi connectivity index (χ0v) is 17.8. The minimum atomic E-state index is 0.100. The van der Waals surface area contributed by atoms with Gasteiger partial charge in [-0.2, -0.15) is 0 Å². The molecule has 2 aliphatic heterocycles. The lowest BCUT2D eigenvalue weighted by atomic mass is 9.92. The second-order valence-electron chi connectivity index (χ2n) is 8.31. The average molecular weight is 411 g/mol. The molecule has 2 aromatic rings. The topological polar surface area (TPSA) is 84.3 Å². The second-order valence-corrected chi connectivity index (χ2v) is 8.31. The fourth-order valence-electron chi connectivity index (χ4n) is 4.14. The van der Waals surface area contributed by atoms with E-state index >= 15 is 0 Å². The Morgan fingerprint density at radius 3 is 2.67 bits per heavy atom. The lowest BCUT2D eigenvalue weighted by Crippen LogP contribution is -2.40. The number of hydrogen-bond donors (Lipinski definition) is 0. The van der Waals surface area contributed by atoms with Gasteiger partial charge in [0.05, 0.1) is 18.7 Å². The average Bonchev–Trinajstić information content (AvgIpc) is 2.80. The van der Waals surface area contributed by atoms with Crippen LogP contribution < -0.4 is 4.90 Å². The van der Waals surface area contributed by atoms with Crippen molar-refractivity contribution >= 4 is 11.7 Å². The molecule has 0 N–H and O–H groups in total. The summed E-state index contributed by atoms with van der Waals surface area (Å²) in [6.07, 6.45) is 10.7. The van der Waals surface area contributed by atoms with Gasteiger partial charge in [-0.1, -0.05) is 0 Å². The van der Waals surface area contributed by atoms with E-state index in [0.29, 0.717) is 23.9 Å². The van der Waals surface area contributed by atoms with Gasteiger partial charge < -0.3 is 14.5 Å². The molecule has 2 aliphatic rings. The Labute approximate surface area is 177 Å². The van der Waals surface area contributed by atoms with Crippen molar-refractivity contribution in [3.8, 4) is 11.5 Å². The van der Waals surface area contributed by atoms with Crippen LogP contribution in [0.15, 0.2) is 24.7 Å². The van der Waals surface area contributed by atoms with E-state index in [9.17, 15) is 4.79 Å². The maximum atomic E-state index is 12.7. The molecular formula is C22H30N6O2. The van der Waals surface area contributed by atoms with Crippen LogP contribution in [0.2, 0.25) is 0 Å². The molecule has 0 aromatic carbocycles. The van der Waals surface area contributed by atoms with Crippen molar-refractivity contribution in [2.45, 2.75) is 50.5 Å². The Bertz CT molecular complexity index is 846. The third-order valence-electron chi connectivity index (χ3n) is 5.93. The van der Waals surface area contributed by atoms with Crippen LogP contribution in [-0.2, 0) is 9.53 Å². The maximum Gasteiger partial charge on any atom is 0.225 e. The maximum absolute atomic E-state index is 12.7. The van der Waals surface area contributed by atoms with Crippen molar-refractivity contribution in [1.29, 1.82) is 0 Å². The van der Waals surface area contributed by atoms with Gasteiger partial charge in [0.25, 0.3) is 0 Å². The summed E-state index contributed by atoms with van der Waals surface area (Å²) in [6, 6.07) is 2.05. The summed E-state index contributed by atoms with van der Waals surface area (Å²) in [4.78, 5) is 34.6. The number of carbonyl (C=O) groups is 1. The fraction of sp³-hybridized carbons (Fsp3) is 0.591. The van der Waals surface area contributed by atoms with Gasteiger partial charge in [-0.3, -0.25) is 9.78 Å². The molecule has 30 heavy (non-hydrogen) atoms. The number of amides is 1. The quantitative estimate of drug-likeness (QED) is 0.749. The number of piperidine rings is 1. The van der Waals surface area contributed by atoms with E-state index in [0.717, 1.165) is 63.3 Å². The molecule has 2 aromatic heterocycles. The predicted molar refractivity (Wildman–Crippen MR) is 114 cm³/mol. The predicted octanol–water partition coefficient (Wildman–Crippen LogP) is 2.66. The van der Waals surface area contributed by atoms with E-state index < -0.39 is 0 Å². The van der Waals surface area contributed by atoms with E-state index in [1.807, 2.05) is 23.9 Å². The van der Waals surface area contributed by atoms with E-state index in [1.165, 1.54) is 0 Å². The van der Waals surface area contributed by atoms with Crippen LogP contribution in [0.3, 0.4) is 0 Å². The van der Waals surface area contributed by atoms with Gasteiger partial charge in [0, 0.05) is 63.9 Å². The molecule has 4 heterocycles. The van der Waals surface area contributed by atoms with Crippen LogP contribution in [0.4, 0.5) is 5.82 Å². The van der Waals surface area contributed by atoms with E-state index in [4.69, 9.17) is 9.72 Å². The van der Waals surface area contributed by atoms with Gasteiger partial charge in [-0.25, -0.2) is 15.0 Å². The molecular weight excluding hydrogens is 380 g/mol. The van der Waals surface area contributed by atoms with Crippen molar-refractivity contribution < 1.29 is 9.53 Å². The zero-order valence-electron chi connectivity index (χ0n) is 17.8. The molecule has 8 nitrogen and oxygen atoms in total. The first-order chi connectivity index (χ1) is 14.6. The van der Waals surface area contributed by atoms with Crippen LogP contribution in [-0.4, -0.2) is 70.6 Å². The normalized spacial score (nSPS) is 20.2. The zero-order chi connectivity index (χ0) is 20.9. The van der Waals surface area contributed by atoms with Crippen LogP contribution in [0, 0.1) is 0 Å². The minimum absolute atomic E-state index is 0.100. The number of rotatable bonds is 5. The van der Waals surface area contributed by atoms with Gasteiger partial charge in [0.2, 0.25) is 5.91 Å². The van der Waals surface area contributed by atoms with Crippen LogP contribution in [0.25, 0.3) is 11.5 Å². The monoisotopic (exact) mass is 410 g/mol. The Morgan fingerprint density at radius 2 is 2.00 bits per heavy atom. The molecule has 1 amide bonds. The molecule has 8 heteroatoms. The lowest BCUT2D eigenvalue weighted by Gasteiger charge is -2.33. The van der Waals surface area contributed by atoms with Gasteiger partial charge in [-0.05, 0) is 32.1 Å². The highest BCUT2D eigenvalue weighted by atomic mass is 16.5. The number of carbonyl (C=O) groups excluding carboxylic acids is 1. The summed E-state index contributed by atoms with van der Waals surface area (Å²) < 4.78 is 5.74. The van der Waals surface area contributed by atoms with Crippen molar-refractivity contribution in [1.82, 2.24) is 24.8 Å². The Balaban J connectivity index is 1.43. The van der Waals surface area contributed by atoms with Crippen molar-refractivity contribution in [2.75, 3.05) is 38.7 Å². The van der Waals surface area contributed by atoms with Gasteiger partial charge >= 0.3 is 0 Å². The Kier molecular flexibility index (Phi) is 6.52. The SMILES string of the molecule is CN(C)c1cc(C2CCN(C(=O)CC3CCCCO3)CC2)nc(-c2cnccn2)n1. The van der Waals surface area contributed by atoms with Gasteiger partial charge in [-0.15, -0.1) is 0 Å². The molecule has 0 saturated carbocycles. The van der Waals surface area contributed by atoms with Crippen LogP contribution >= 0.6 is 0 Å². The number of ether oxygens (including phenoxy) is 1. The van der Waals surface area contributed by atoms with Crippen LogP contribution in [0.5, 0.6) is 0 Å². The highest BCUT2D eigenvalue weighted by molar-refractivity contribution is 5.76. The second kappa shape index (κ2) is 9.47. The number of nitrogens with zero attached hydrogens (tertiary/aromatic N) is 6. The third kappa shape index (κ3) is 4.92. The summed E-state index contributed by atoms with van der Waals surface area (Å²) in [6.45, 7) is 2.31. The molecule has 0 spiro atoms. The molecule has 0 aliphatic carbocycles. The largest absolute Gasteiger partial charge is 0.378 e. The standard InChI is InChI=1S/C22H30N6O2/c1-27(2)20-14-18(25-22(26-20)19-15-23-8-9-24-19)16-6-10-28(11-7-16)21(29)13-17-5-3-4-12-30-17/h8-9,14-17H,3-7,10-13H2,1-2H3. The number of hydrogen-bond acceptors (Lipinski definition) is 7. The molecule has 0 radical (unpaired) electrons. The fourth-order valence-corrected chi connectivity index (χ4v) is 4.14. The number of aromatic nitrogens is 4.